The molecule has 1 aliphatic heterocycles. The first-order chi connectivity index (χ1) is 9.15. The Bertz CT molecular complexity index is 465. The summed E-state index contributed by atoms with van der Waals surface area (Å²) in [6, 6.07) is 5.28. The third-order valence-corrected chi connectivity index (χ3v) is 3.35. The van der Waals surface area contributed by atoms with Gasteiger partial charge in [0.25, 0.3) is 0 Å². The fourth-order valence-electron chi connectivity index (χ4n) is 2.05. The molecule has 4 nitrogen and oxygen atoms in total. The summed E-state index contributed by atoms with van der Waals surface area (Å²) in [6.45, 7) is 5.30. The van der Waals surface area contributed by atoms with Crippen molar-refractivity contribution in [3.8, 4) is 5.75 Å². The molecule has 1 atom stereocenters. The Balaban J connectivity index is 2.27. The van der Waals surface area contributed by atoms with Crippen molar-refractivity contribution in [2.45, 2.75) is 32.8 Å². The largest absolute Gasteiger partial charge is 0.486 e. The van der Waals surface area contributed by atoms with Crippen LogP contribution in [0.15, 0.2) is 18.2 Å². The molecule has 5 heteroatoms. The van der Waals surface area contributed by atoms with Crippen LogP contribution in [0, 0.1) is 0 Å². The highest BCUT2D eigenvalue weighted by molar-refractivity contribution is 6.31. The Morgan fingerprint density at radius 2 is 2.32 bits per heavy atom. The highest BCUT2D eigenvalue weighted by Crippen LogP contribution is 2.36. The van der Waals surface area contributed by atoms with Crippen LogP contribution in [0.3, 0.4) is 0 Å². The quantitative estimate of drug-likeness (QED) is 0.923. The number of nitrogens with one attached hydrogen (secondary N) is 1. The molecule has 1 heterocycles. The normalized spacial score (nSPS) is 17.6. The molecular formula is C14H19ClN2O2. The molecule has 0 radical (unpaired) electrons. The zero-order chi connectivity index (χ0) is 13.8. The van der Waals surface area contributed by atoms with Crippen LogP contribution < -0.4 is 15.0 Å². The third kappa shape index (κ3) is 3.13. The van der Waals surface area contributed by atoms with E-state index in [1.165, 1.54) is 0 Å². The van der Waals surface area contributed by atoms with Crippen molar-refractivity contribution in [3.63, 3.8) is 0 Å². The van der Waals surface area contributed by atoms with Gasteiger partial charge in [-0.2, -0.15) is 0 Å². The molecule has 1 aromatic rings. The predicted octanol–water partition coefficient (Wildman–Crippen LogP) is 3.44. The lowest BCUT2D eigenvalue weighted by Crippen LogP contribution is -2.48. The maximum atomic E-state index is 12.2. The number of hydrogen-bond acceptors (Lipinski definition) is 2. The summed E-state index contributed by atoms with van der Waals surface area (Å²) in [5, 5.41) is 3.50. The summed E-state index contributed by atoms with van der Waals surface area (Å²) < 4.78 is 5.84. The number of urea groups is 1. The summed E-state index contributed by atoms with van der Waals surface area (Å²) in [7, 11) is 0. The lowest BCUT2D eigenvalue weighted by atomic mass is 10.1. The molecule has 1 aliphatic rings. The highest BCUT2D eigenvalue weighted by atomic mass is 35.5. The molecule has 0 bridgehead atoms. The first kappa shape index (κ1) is 14.0. The molecule has 2 amide bonds. The van der Waals surface area contributed by atoms with Crippen LogP contribution in [0.1, 0.15) is 26.7 Å². The molecule has 0 aromatic heterocycles. The van der Waals surface area contributed by atoms with E-state index >= 15 is 0 Å². The minimum absolute atomic E-state index is 0.0288. The van der Waals surface area contributed by atoms with Crippen molar-refractivity contribution >= 4 is 23.3 Å². The molecule has 0 fully saturated rings. The van der Waals surface area contributed by atoms with E-state index in [0.29, 0.717) is 23.9 Å². The second-order valence-corrected chi connectivity index (χ2v) is 5.04. The summed E-state index contributed by atoms with van der Waals surface area (Å²) in [6.07, 6.45) is 1.80. The molecule has 0 aliphatic carbocycles. The number of benzene rings is 1. The highest BCUT2D eigenvalue weighted by Gasteiger charge is 2.28. The van der Waals surface area contributed by atoms with Gasteiger partial charge in [-0.25, -0.2) is 4.79 Å². The van der Waals surface area contributed by atoms with Crippen molar-refractivity contribution in [1.29, 1.82) is 0 Å². The molecule has 0 saturated heterocycles. The lowest BCUT2D eigenvalue weighted by Gasteiger charge is -2.34. The Kier molecular flexibility index (Phi) is 4.53. The molecule has 0 saturated carbocycles. The van der Waals surface area contributed by atoms with Crippen molar-refractivity contribution in [3.05, 3.63) is 23.2 Å². The monoisotopic (exact) mass is 282 g/mol. The Morgan fingerprint density at radius 1 is 1.53 bits per heavy atom. The smallest absolute Gasteiger partial charge is 0.322 e. The maximum absolute atomic E-state index is 12.2. The third-order valence-electron chi connectivity index (χ3n) is 3.12. The van der Waals surface area contributed by atoms with Gasteiger partial charge in [-0.3, -0.25) is 4.90 Å². The molecule has 2 rings (SSSR count). The molecule has 104 valence electrons. The van der Waals surface area contributed by atoms with Crippen LogP contribution in [0.4, 0.5) is 10.5 Å². The number of ether oxygens (including phenoxy) is 1. The molecule has 1 aromatic carbocycles. The van der Waals surface area contributed by atoms with E-state index in [1.807, 2.05) is 19.9 Å². The van der Waals surface area contributed by atoms with Gasteiger partial charge in [0, 0.05) is 11.6 Å². The van der Waals surface area contributed by atoms with E-state index in [-0.39, 0.29) is 12.1 Å². The van der Waals surface area contributed by atoms with Crippen molar-refractivity contribution in [1.82, 2.24) is 5.32 Å². The summed E-state index contributed by atoms with van der Waals surface area (Å²) in [5.74, 6) is 0.717. The van der Waals surface area contributed by atoms with Crippen molar-refractivity contribution in [2.24, 2.45) is 0 Å². The SMILES string of the molecule is CCCNC(=O)N1CC(CC)Oc2ccc(Cl)cc21. The number of nitrogens with zero attached hydrogens (tertiary/aromatic N) is 1. The van der Waals surface area contributed by atoms with E-state index in [0.717, 1.165) is 18.5 Å². The number of anilines is 1. The topological polar surface area (TPSA) is 41.6 Å². The van der Waals surface area contributed by atoms with Crippen LogP contribution in [-0.2, 0) is 0 Å². The fraction of sp³-hybridized carbons (Fsp3) is 0.500. The molecule has 19 heavy (non-hydrogen) atoms. The van der Waals surface area contributed by atoms with Gasteiger partial charge < -0.3 is 10.1 Å². The Labute approximate surface area is 118 Å². The van der Waals surface area contributed by atoms with Crippen LogP contribution in [0.2, 0.25) is 5.02 Å². The minimum atomic E-state index is -0.0906. The number of carbonyl (C=O) groups excluding carboxylic acids is 1. The van der Waals surface area contributed by atoms with E-state index < -0.39 is 0 Å². The van der Waals surface area contributed by atoms with Crippen molar-refractivity contribution in [2.75, 3.05) is 18.0 Å². The van der Waals surface area contributed by atoms with Crippen LogP contribution in [0.25, 0.3) is 0 Å². The average molecular weight is 283 g/mol. The number of hydrogen-bond donors (Lipinski definition) is 1. The standard InChI is InChI=1S/C14H19ClN2O2/c1-3-7-16-14(18)17-9-11(4-2)19-13-6-5-10(15)8-12(13)17/h5-6,8,11H,3-4,7,9H2,1-2H3,(H,16,18). The predicted molar refractivity (Wildman–Crippen MR) is 77.2 cm³/mol. The number of amides is 2. The van der Waals surface area contributed by atoms with Gasteiger partial charge in [-0.05, 0) is 31.0 Å². The first-order valence-electron chi connectivity index (χ1n) is 6.67. The molecule has 0 spiro atoms. The minimum Gasteiger partial charge on any atom is -0.486 e. The van der Waals surface area contributed by atoms with Gasteiger partial charge in [0.1, 0.15) is 11.9 Å². The first-order valence-corrected chi connectivity index (χ1v) is 7.05. The number of halogens is 1. The zero-order valence-corrected chi connectivity index (χ0v) is 12.0. The number of rotatable bonds is 3. The Morgan fingerprint density at radius 3 is 3.00 bits per heavy atom. The Hall–Kier alpha value is -1.42. The van der Waals surface area contributed by atoms with E-state index in [1.54, 1.807) is 17.0 Å². The van der Waals surface area contributed by atoms with Gasteiger partial charge in [-0.15, -0.1) is 0 Å². The summed E-state index contributed by atoms with van der Waals surface area (Å²) >= 11 is 6.01. The van der Waals surface area contributed by atoms with E-state index in [4.69, 9.17) is 16.3 Å². The zero-order valence-electron chi connectivity index (χ0n) is 11.3. The van der Waals surface area contributed by atoms with Crippen molar-refractivity contribution < 1.29 is 9.53 Å². The fourth-order valence-corrected chi connectivity index (χ4v) is 2.22. The van der Waals surface area contributed by atoms with Crippen LogP contribution in [0.5, 0.6) is 5.75 Å². The number of carbonyl (C=O) groups is 1. The second kappa shape index (κ2) is 6.15. The van der Waals surface area contributed by atoms with Crippen LogP contribution >= 0.6 is 11.6 Å². The number of fused-ring (bicyclic) bond motifs is 1. The molecule has 1 N–H and O–H groups in total. The second-order valence-electron chi connectivity index (χ2n) is 4.60. The van der Waals surface area contributed by atoms with Crippen LogP contribution in [-0.4, -0.2) is 25.2 Å². The van der Waals surface area contributed by atoms with Gasteiger partial charge in [0.2, 0.25) is 0 Å². The van der Waals surface area contributed by atoms with Gasteiger partial charge in [0.05, 0.1) is 12.2 Å². The van der Waals surface area contributed by atoms with E-state index in [2.05, 4.69) is 5.32 Å². The molecular weight excluding hydrogens is 264 g/mol. The lowest BCUT2D eigenvalue weighted by molar-refractivity contribution is 0.186. The summed E-state index contributed by atoms with van der Waals surface area (Å²) in [5.41, 5.74) is 0.741. The summed E-state index contributed by atoms with van der Waals surface area (Å²) in [4.78, 5) is 13.9. The average Bonchev–Trinajstić information content (AvgIpc) is 2.43. The maximum Gasteiger partial charge on any atom is 0.322 e. The van der Waals surface area contributed by atoms with Gasteiger partial charge >= 0.3 is 6.03 Å². The van der Waals surface area contributed by atoms with Gasteiger partial charge in [-0.1, -0.05) is 25.4 Å². The molecule has 1 unspecified atom stereocenters. The van der Waals surface area contributed by atoms with E-state index in [9.17, 15) is 4.79 Å². The van der Waals surface area contributed by atoms with Gasteiger partial charge in [0.15, 0.2) is 0 Å².